The molecule has 3 rings (SSSR count). The third-order valence-corrected chi connectivity index (χ3v) is 3.80. The number of hydrogen-bond donors (Lipinski definition) is 4. The van der Waals surface area contributed by atoms with Crippen LogP contribution in [0.25, 0.3) is 11.2 Å². The monoisotopic (exact) mass is 325 g/mol. The largest absolute Gasteiger partial charge is 0.394 e. The van der Waals surface area contributed by atoms with Crippen LogP contribution in [0.2, 0.25) is 0 Å². The Bertz CT molecular complexity index is 680. The van der Waals surface area contributed by atoms with Crippen LogP contribution in [0.5, 0.6) is 0 Å². The van der Waals surface area contributed by atoms with Gasteiger partial charge in [0.15, 0.2) is 17.7 Å². The lowest BCUT2D eigenvalue weighted by atomic mass is 10.1. The van der Waals surface area contributed by atoms with Gasteiger partial charge in [0.05, 0.1) is 25.6 Å². The lowest BCUT2D eigenvalue weighted by Gasteiger charge is -2.17. The van der Waals surface area contributed by atoms with Crippen molar-refractivity contribution in [3.63, 3.8) is 0 Å². The van der Waals surface area contributed by atoms with Gasteiger partial charge in [-0.25, -0.2) is 15.0 Å². The van der Waals surface area contributed by atoms with Crippen LogP contribution in [0.1, 0.15) is 13.2 Å². The van der Waals surface area contributed by atoms with E-state index in [1.165, 1.54) is 17.2 Å². The lowest BCUT2D eigenvalue weighted by Crippen LogP contribution is -2.35. The summed E-state index contributed by atoms with van der Waals surface area (Å²) in [5.74, 6) is 0.221. The van der Waals surface area contributed by atoms with Crippen molar-refractivity contribution in [1.29, 1.82) is 0 Å². The van der Waals surface area contributed by atoms with Crippen molar-refractivity contribution in [2.24, 2.45) is 0 Å². The quantitative estimate of drug-likeness (QED) is 0.511. The molecular weight excluding hydrogens is 306 g/mol. The molecule has 2 aromatic rings. The van der Waals surface area contributed by atoms with Gasteiger partial charge in [-0.15, -0.1) is 0 Å². The van der Waals surface area contributed by atoms with Crippen LogP contribution in [-0.4, -0.2) is 72.5 Å². The molecule has 0 aromatic carbocycles. The molecule has 2 aromatic heterocycles. The van der Waals surface area contributed by atoms with E-state index in [1.807, 2.05) is 0 Å². The first kappa shape index (κ1) is 16.0. The van der Waals surface area contributed by atoms with E-state index in [0.717, 1.165) is 0 Å². The van der Waals surface area contributed by atoms with Gasteiger partial charge in [-0.2, -0.15) is 0 Å². The minimum absolute atomic E-state index is 0.0419. The van der Waals surface area contributed by atoms with E-state index < -0.39 is 24.5 Å². The van der Waals surface area contributed by atoms with Gasteiger partial charge in [0.25, 0.3) is 0 Å². The molecule has 1 aliphatic heterocycles. The molecule has 0 amide bonds. The SMILES string of the molecule is CC(CO)OC[C@H]1O[C@@H](n2cnc3c(N)ncnc32)[C@H](O)[C@@H]1O. The van der Waals surface area contributed by atoms with E-state index in [9.17, 15) is 10.2 Å². The molecule has 23 heavy (non-hydrogen) atoms. The second-order valence-corrected chi connectivity index (χ2v) is 5.46. The number of nitrogens with zero attached hydrogens (tertiary/aromatic N) is 4. The minimum atomic E-state index is -1.18. The van der Waals surface area contributed by atoms with Gasteiger partial charge in [0, 0.05) is 0 Å². The second kappa shape index (κ2) is 6.34. The van der Waals surface area contributed by atoms with Crippen molar-refractivity contribution < 1.29 is 24.8 Å². The number of aliphatic hydroxyl groups is 3. The van der Waals surface area contributed by atoms with Gasteiger partial charge in [0.2, 0.25) is 0 Å². The number of nitrogens with two attached hydrogens (primary N) is 1. The molecule has 10 heteroatoms. The van der Waals surface area contributed by atoms with Crippen LogP contribution in [0.4, 0.5) is 5.82 Å². The van der Waals surface area contributed by atoms with Crippen molar-refractivity contribution in [2.45, 2.75) is 37.6 Å². The normalized spacial score (nSPS) is 29.2. The highest BCUT2D eigenvalue weighted by atomic mass is 16.6. The van der Waals surface area contributed by atoms with E-state index in [4.69, 9.17) is 20.3 Å². The predicted molar refractivity (Wildman–Crippen MR) is 78.2 cm³/mol. The van der Waals surface area contributed by atoms with Crippen LogP contribution >= 0.6 is 0 Å². The molecule has 1 unspecified atom stereocenters. The fraction of sp³-hybridized carbons (Fsp3) is 0.615. The van der Waals surface area contributed by atoms with Crippen molar-refractivity contribution >= 4 is 17.0 Å². The predicted octanol–water partition coefficient (Wildman–Crippen LogP) is -1.57. The standard InChI is InChI=1S/C13H19N5O5/c1-6(2-19)22-3-7-9(20)10(21)13(23-7)18-5-17-8-11(14)15-4-16-12(8)18/h4-7,9-10,13,19-21H,2-3H2,1H3,(H2,14,15,16)/t6?,7-,9-,10-,13-/m1/s1. The zero-order valence-electron chi connectivity index (χ0n) is 12.5. The Hall–Kier alpha value is -1.85. The van der Waals surface area contributed by atoms with Crippen molar-refractivity contribution in [3.05, 3.63) is 12.7 Å². The molecule has 0 bridgehead atoms. The number of aromatic nitrogens is 4. The maximum absolute atomic E-state index is 10.2. The first-order valence-electron chi connectivity index (χ1n) is 7.20. The molecule has 0 saturated carbocycles. The number of ether oxygens (including phenoxy) is 2. The molecule has 0 radical (unpaired) electrons. The van der Waals surface area contributed by atoms with Crippen LogP contribution in [-0.2, 0) is 9.47 Å². The molecule has 5 atom stereocenters. The highest BCUT2D eigenvalue weighted by Crippen LogP contribution is 2.32. The molecule has 5 N–H and O–H groups in total. The Morgan fingerprint density at radius 2 is 2.13 bits per heavy atom. The number of aliphatic hydroxyl groups excluding tert-OH is 3. The van der Waals surface area contributed by atoms with Crippen molar-refractivity contribution in [1.82, 2.24) is 19.5 Å². The number of imidazole rings is 1. The molecule has 1 fully saturated rings. The highest BCUT2D eigenvalue weighted by Gasteiger charge is 2.44. The zero-order valence-corrected chi connectivity index (χ0v) is 12.5. The maximum atomic E-state index is 10.2. The molecule has 0 aliphatic carbocycles. The lowest BCUT2D eigenvalue weighted by molar-refractivity contribution is -0.0848. The first-order valence-corrected chi connectivity index (χ1v) is 7.20. The molecule has 1 aliphatic rings. The van der Waals surface area contributed by atoms with E-state index >= 15 is 0 Å². The summed E-state index contributed by atoms with van der Waals surface area (Å²) in [6, 6.07) is 0. The molecule has 1 saturated heterocycles. The zero-order chi connectivity index (χ0) is 16.6. The number of fused-ring (bicyclic) bond motifs is 1. The Kier molecular flexibility index (Phi) is 4.41. The molecular formula is C13H19N5O5. The Balaban J connectivity index is 1.81. The van der Waals surface area contributed by atoms with Crippen LogP contribution in [0.15, 0.2) is 12.7 Å². The molecule has 0 spiro atoms. The minimum Gasteiger partial charge on any atom is -0.394 e. The molecule has 126 valence electrons. The number of rotatable bonds is 5. The van der Waals surface area contributed by atoms with Crippen LogP contribution in [0, 0.1) is 0 Å². The summed E-state index contributed by atoms with van der Waals surface area (Å²) in [6.07, 6.45) is -1.59. The summed E-state index contributed by atoms with van der Waals surface area (Å²) < 4.78 is 12.5. The number of anilines is 1. The van der Waals surface area contributed by atoms with Crippen LogP contribution in [0.3, 0.4) is 0 Å². The van der Waals surface area contributed by atoms with Gasteiger partial charge in [-0.1, -0.05) is 0 Å². The fourth-order valence-electron chi connectivity index (χ4n) is 2.46. The smallest absolute Gasteiger partial charge is 0.167 e. The topological polar surface area (TPSA) is 149 Å². The summed E-state index contributed by atoms with van der Waals surface area (Å²) >= 11 is 0. The number of nitrogen functional groups attached to an aromatic ring is 1. The Morgan fingerprint density at radius 1 is 1.35 bits per heavy atom. The third-order valence-electron chi connectivity index (χ3n) is 3.80. The average molecular weight is 325 g/mol. The van der Waals surface area contributed by atoms with E-state index in [2.05, 4.69) is 15.0 Å². The van der Waals surface area contributed by atoms with Crippen LogP contribution < -0.4 is 5.73 Å². The second-order valence-electron chi connectivity index (χ2n) is 5.46. The summed E-state index contributed by atoms with van der Waals surface area (Å²) in [7, 11) is 0. The fourth-order valence-corrected chi connectivity index (χ4v) is 2.46. The van der Waals surface area contributed by atoms with Gasteiger partial charge >= 0.3 is 0 Å². The van der Waals surface area contributed by atoms with E-state index in [1.54, 1.807) is 6.92 Å². The van der Waals surface area contributed by atoms with Crippen molar-refractivity contribution in [3.8, 4) is 0 Å². The van der Waals surface area contributed by atoms with Gasteiger partial charge < -0.3 is 30.5 Å². The molecule has 3 heterocycles. The van der Waals surface area contributed by atoms with Gasteiger partial charge in [0.1, 0.15) is 30.2 Å². The third kappa shape index (κ3) is 2.86. The summed E-state index contributed by atoms with van der Waals surface area (Å²) in [6.45, 7) is 1.59. The first-order chi connectivity index (χ1) is 11.0. The van der Waals surface area contributed by atoms with Gasteiger partial charge in [-0.05, 0) is 6.92 Å². The van der Waals surface area contributed by atoms with Crippen molar-refractivity contribution in [2.75, 3.05) is 18.9 Å². The summed E-state index contributed by atoms with van der Waals surface area (Å²) in [5.41, 5.74) is 6.53. The van der Waals surface area contributed by atoms with Gasteiger partial charge in [-0.3, -0.25) is 4.57 Å². The Morgan fingerprint density at radius 3 is 2.87 bits per heavy atom. The average Bonchev–Trinajstić information content (AvgIpc) is 3.09. The van der Waals surface area contributed by atoms with E-state index in [-0.39, 0.29) is 25.1 Å². The Labute approximate surface area is 131 Å². The maximum Gasteiger partial charge on any atom is 0.167 e. The van der Waals surface area contributed by atoms with E-state index in [0.29, 0.717) is 11.2 Å². The number of hydrogen-bond acceptors (Lipinski definition) is 9. The molecule has 10 nitrogen and oxygen atoms in total. The summed E-state index contributed by atoms with van der Waals surface area (Å²) in [5, 5.41) is 29.3. The summed E-state index contributed by atoms with van der Waals surface area (Å²) in [4.78, 5) is 12.1. The highest BCUT2D eigenvalue weighted by molar-refractivity contribution is 5.81.